The minimum Gasteiger partial charge on any atom is -0.459 e. The first-order valence-electron chi connectivity index (χ1n) is 6.80. The van der Waals surface area contributed by atoms with E-state index in [1.54, 1.807) is 0 Å². The van der Waals surface area contributed by atoms with Crippen molar-refractivity contribution in [2.75, 3.05) is 13.2 Å². The quantitative estimate of drug-likeness (QED) is 0.537. The van der Waals surface area contributed by atoms with Crippen LogP contribution in [0.4, 0.5) is 0 Å². The first kappa shape index (κ1) is 17.4. The number of carbonyl (C=O) groups is 1. The summed E-state index contributed by atoms with van der Waals surface area (Å²) in [6, 6.07) is -0.254. The molecule has 0 spiro atoms. The molecule has 4 heteroatoms. The minimum absolute atomic E-state index is 0.194. The normalized spacial score (nSPS) is 13.7. The van der Waals surface area contributed by atoms with Gasteiger partial charge in [0, 0.05) is 6.61 Å². The fourth-order valence-corrected chi connectivity index (χ4v) is 1.34. The summed E-state index contributed by atoms with van der Waals surface area (Å²) in [6.45, 7) is 13.1. The molecule has 1 N–H and O–H groups in total. The maximum Gasteiger partial charge on any atom is 0.323 e. The van der Waals surface area contributed by atoms with Crippen molar-refractivity contribution in [3.05, 3.63) is 0 Å². The monoisotopic (exact) mass is 259 g/mol. The zero-order valence-electron chi connectivity index (χ0n) is 12.7. The van der Waals surface area contributed by atoms with Crippen molar-refractivity contribution in [2.45, 2.75) is 72.1 Å². The summed E-state index contributed by atoms with van der Waals surface area (Å²) in [4.78, 5) is 11.7. The standard InChI is InChI=1S/C14H29NO3/c1-11(2)17-10-8-7-9-15-12(3)13(16)18-14(4,5)6/h11-12,15H,7-10H2,1-6H3. The Morgan fingerprint density at radius 1 is 1.17 bits per heavy atom. The van der Waals surface area contributed by atoms with Crippen molar-refractivity contribution in [1.82, 2.24) is 5.32 Å². The Labute approximate surface area is 111 Å². The third-order valence-corrected chi connectivity index (χ3v) is 2.23. The van der Waals surface area contributed by atoms with E-state index in [-0.39, 0.29) is 12.0 Å². The maximum atomic E-state index is 11.7. The van der Waals surface area contributed by atoms with E-state index in [9.17, 15) is 4.79 Å². The number of unbranched alkanes of at least 4 members (excludes halogenated alkanes) is 1. The lowest BCUT2D eigenvalue weighted by molar-refractivity contribution is -0.156. The minimum atomic E-state index is -0.419. The maximum absolute atomic E-state index is 11.7. The number of esters is 1. The molecular weight excluding hydrogens is 230 g/mol. The van der Waals surface area contributed by atoms with Crippen LogP contribution in [0.3, 0.4) is 0 Å². The first-order chi connectivity index (χ1) is 8.22. The van der Waals surface area contributed by atoms with Crippen molar-refractivity contribution in [1.29, 1.82) is 0 Å². The van der Waals surface area contributed by atoms with Crippen LogP contribution in [-0.2, 0) is 14.3 Å². The molecule has 0 aromatic rings. The van der Waals surface area contributed by atoms with Gasteiger partial charge < -0.3 is 14.8 Å². The molecule has 0 heterocycles. The second-order valence-electron chi connectivity index (χ2n) is 5.84. The molecule has 1 atom stereocenters. The number of rotatable bonds is 8. The van der Waals surface area contributed by atoms with Crippen molar-refractivity contribution >= 4 is 5.97 Å². The molecule has 0 aliphatic rings. The summed E-state index contributed by atoms with van der Waals surface area (Å²) in [7, 11) is 0. The third-order valence-electron chi connectivity index (χ3n) is 2.23. The van der Waals surface area contributed by atoms with Gasteiger partial charge in [-0.2, -0.15) is 0 Å². The number of hydrogen-bond donors (Lipinski definition) is 1. The average Bonchev–Trinajstić information content (AvgIpc) is 2.19. The Bertz CT molecular complexity index is 234. The first-order valence-corrected chi connectivity index (χ1v) is 6.80. The Hall–Kier alpha value is -0.610. The number of carbonyl (C=O) groups excluding carboxylic acids is 1. The zero-order valence-corrected chi connectivity index (χ0v) is 12.7. The second kappa shape index (κ2) is 8.48. The van der Waals surface area contributed by atoms with Crippen LogP contribution in [0, 0.1) is 0 Å². The van der Waals surface area contributed by atoms with Gasteiger partial charge in [0.2, 0.25) is 0 Å². The Kier molecular flexibility index (Phi) is 8.20. The zero-order chi connectivity index (χ0) is 14.2. The molecule has 0 aliphatic heterocycles. The number of ether oxygens (including phenoxy) is 2. The molecule has 0 saturated carbocycles. The van der Waals surface area contributed by atoms with Crippen molar-refractivity contribution in [2.24, 2.45) is 0 Å². The van der Waals surface area contributed by atoms with Crippen LogP contribution in [0.2, 0.25) is 0 Å². The molecule has 108 valence electrons. The van der Waals surface area contributed by atoms with Crippen LogP contribution in [-0.4, -0.2) is 36.9 Å². The molecule has 18 heavy (non-hydrogen) atoms. The molecule has 0 saturated heterocycles. The van der Waals surface area contributed by atoms with Crippen LogP contribution < -0.4 is 5.32 Å². The summed E-state index contributed by atoms with van der Waals surface area (Å²) in [5.74, 6) is -0.194. The fraction of sp³-hybridized carbons (Fsp3) is 0.929. The van der Waals surface area contributed by atoms with E-state index < -0.39 is 5.60 Å². The Morgan fingerprint density at radius 2 is 1.78 bits per heavy atom. The summed E-state index contributed by atoms with van der Waals surface area (Å²) in [6.07, 6.45) is 2.30. The number of hydrogen-bond acceptors (Lipinski definition) is 4. The van der Waals surface area contributed by atoms with Gasteiger partial charge in [0.05, 0.1) is 6.10 Å². The molecule has 0 fully saturated rings. The van der Waals surface area contributed by atoms with Crippen LogP contribution in [0.1, 0.15) is 54.4 Å². The van der Waals surface area contributed by atoms with Crippen molar-refractivity contribution < 1.29 is 14.3 Å². The molecule has 0 radical (unpaired) electrons. The predicted octanol–water partition coefficient (Wildman–Crippen LogP) is 2.51. The van der Waals surface area contributed by atoms with E-state index >= 15 is 0 Å². The van der Waals surface area contributed by atoms with Crippen LogP contribution in [0.25, 0.3) is 0 Å². The predicted molar refractivity (Wildman–Crippen MR) is 73.6 cm³/mol. The van der Waals surface area contributed by atoms with Gasteiger partial charge in [-0.25, -0.2) is 0 Å². The molecule has 0 aromatic carbocycles. The van der Waals surface area contributed by atoms with Gasteiger partial charge in [0.25, 0.3) is 0 Å². The highest BCUT2D eigenvalue weighted by Gasteiger charge is 2.20. The van der Waals surface area contributed by atoms with E-state index in [0.29, 0.717) is 6.10 Å². The lowest BCUT2D eigenvalue weighted by Gasteiger charge is -2.22. The van der Waals surface area contributed by atoms with Crippen LogP contribution >= 0.6 is 0 Å². The van der Waals surface area contributed by atoms with Gasteiger partial charge in [0.1, 0.15) is 11.6 Å². The van der Waals surface area contributed by atoms with E-state index in [1.165, 1.54) is 0 Å². The number of nitrogens with one attached hydrogen (secondary N) is 1. The van der Waals surface area contributed by atoms with Gasteiger partial charge in [0.15, 0.2) is 0 Å². The van der Waals surface area contributed by atoms with Gasteiger partial charge in [-0.1, -0.05) is 0 Å². The van der Waals surface area contributed by atoms with Crippen LogP contribution in [0.5, 0.6) is 0 Å². The van der Waals surface area contributed by atoms with E-state index in [2.05, 4.69) is 5.32 Å². The summed E-state index contributed by atoms with van der Waals surface area (Å²) in [5.41, 5.74) is -0.419. The molecule has 0 rings (SSSR count). The van der Waals surface area contributed by atoms with E-state index in [0.717, 1.165) is 26.0 Å². The average molecular weight is 259 g/mol. The fourth-order valence-electron chi connectivity index (χ4n) is 1.34. The highest BCUT2D eigenvalue weighted by atomic mass is 16.6. The summed E-state index contributed by atoms with van der Waals surface area (Å²) >= 11 is 0. The van der Waals surface area contributed by atoms with Crippen LogP contribution in [0.15, 0.2) is 0 Å². The molecule has 0 amide bonds. The Balaban J connectivity index is 3.58. The summed E-state index contributed by atoms with van der Waals surface area (Å²) in [5, 5.41) is 3.16. The van der Waals surface area contributed by atoms with Crippen molar-refractivity contribution in [3.63, 3.8) is 0 Å². The van der Waals surface area contributed by atoms with Gasteiger partial charge >= 0.3 is 5.97 Å². The second-order valence-corrected chi connectivity index (χ2v) is 5.84. The molecule has 4 nitrogen and oxygen atoms in total. The SMILES string of the molecule is CC(C)OCCCCNC(C)C(=O)OC(C)(C)C. The molecule has 1 unspecified atom stereocenters. The van der Waals surface area contributed by atoms with Crippen molar-refractivity contribution in [3.8, 4) is 0 Å². The Morgan fingerprint density at radius 3 is 2.28 bits per heavy atom. The van der Waals surface area contributed by atoms with Gasteiger partial charge in [-0.15, -0.1) is 0 Å². The smallest absolute Gasteiger partial charge is 0.323 e. The van der Waals surface area contributed by atoms with E-state index in [1.807, 2.05) is 41.5 Å². The topological polar surface area (TPSA) is 47.6 Å². The molecule has 0 aromatic heterocycles. The highest BCUT2D eigenvalue weighted by Crippen LogP contribution is 2.08. The van der Waals surface area contributed by atoms with Gasteiger partial charge in [-0.3, -0.25) is 4.79 Å². The highest BCUT2D eigenvalue weighted by molar-refractivity contribution is 5.75. The molecule has 0 aliphatic carbocycles. The lowest BCUT2D eigenvalue weighted by Crippen LogP contribution is -2.39. The molecular formula is C14H29NO3. The van der Waals surface area contributed by atoms with E-state index in [4.69, 9.17) is 9.47 Å². The molecule has 0 bridgehead atoms. The lowest BCUT2D eigenvalue weighted by atomic mass is 10.2. The summed E-state index contributed by atoms with van der Waals surface area (Å²) < 4.78 is 10.7. The van der Waals surface area contributed by atoms with Gasteiger partial charge in [-0.05, 0) is 60.9 Å². The third kappa shape index (κ3) is 10.5. The largest absolute Gasteiger partial charge is 0.459 e.